The fourth-order valence-corrected chi connectivity index (χ4v) is 2.98. The zero-order chi connectivity index (χ0) is 21.6. The number of hydrogen-bond acceptors (Lipinski definition) is 5. The second kappa shape index (κ2) is 9.13. The number of hydrogen-bond donors (Lipinski definition) is 1. The number of carbonyl (C=O) groups excluding carboxylic acids is 2. The number of furan rings is 1. The minimum absolute atomic E-state index is 0.0460. The van der Waals surface area contributed by atoms with Gasteiger partial charge in [-0.1, -0.05) is 42.5 Å². The second-order valence-electron chi connectivity index (χ2n) is 6.64. The van der Waals surface area contributed by atoms with E-state index in [0.717, 1.165) is 5.39 Å². The highest BCUT2D eigenvalue weighted by atomic mass is 19.1. The number of amides is 1. The fraction of sp³-hybridized carbons (Fsp3) is 0.0833. The molecule has 156 valence electrons. The van der Waals surface area contributed by atoms with Crippen LogP contribution in [0.3, 0.4) is 0 Å². The lowest BCUT2D eigenvalue weighted by Gasteiger charge is -2.11. The van der Waals surface area contributed by atoms with Crippen molar-refractivity contribution in [1.29, 1.82) is 0 Å². The Morgan fingerprint density at radius 1 is 0.935 bits per heavy atom. The van der Waals surface area contributed by atoms with Crippen LogP contribution in [0, 0.1) is 5.82 Å². The van der Waals surface area contributed by atoms with Crippen LogP contribution >= 0.6 is 0 Å². The molecule has 0 aliphatic heterocycles. The number of rotatable bonds is 7. The van der Waals surface area contributed by atoms with Crippen molar-refractivity contribution in [2.45, 2.75) is 6.61 Å². The van der Waals surface area contributed by atoms with Crippen molar-refractivity contribution < 1.29 is 27.9 Å². The molecular weight excluding hydrogens is 401 g/mol. The Labute approximate surface area is 177 Å². The maximum Gasteiger partial charge on any atom is 0.342 e. The maximum atomic E-state index is 13.7. The summed E-state index contributed by atoms with van der Waals surface area (Å²) < 4.78 is 30.1. The van der Waals surface area contributed by atoms with Gasteiger partial charge in [0.15, 0.2) is 6.61 Å². The average molecular weight is 419 g/mol. The minimum Gasteiger partial charge on any atom is -0.483 e. The highest BCUT2D eigenvalue weighted by molar-refractivity contribution is 5.94. The van der Waals surface area contributed by atoms with Crippen LogP contribution in [0.25, 0.3) is 11.0 Å². The molecule has 0 aliphatic carbocycles. The molecule has 1 heterocycles. The van der Waals surface area contributed by atoms with Crippen molar-refractivity contribution >= 4 is 28.5 Å². The molecule has 6 nitrogen and oxygen atoms in total. The molecular formula is C24H18FNO5. The average Bonchev–Trinajstić information content (AvgIpc) is 3.21. The zero-order valence-corrected chi connectivity index (χ0v) is 16.3. The van der Waals surface area contributed by atoms with E-state index in [4.69, 9.17) is 13.9 Å². The number of halogens is 1. The normalized spacial score (nSPS) is 10.6. The summed E-state index contributed by atoms with van der Waals surface area (Å²) in [5.74, 6) is -1.04. The number of anilines is 1. The maximum absolute atomic E-state index is 13.7. The molecule has 4 aromatic rings. The Hall–Kier alpha value is -4.13. The van der Waals surface area contributed by atoms with Crippen LogP contribution < -0.4 is 10.1 Å². The molecule has 1 amide bonds. The van der Waals surface area contributed by atoms with Gasteiger partial charge in [-0.15, -0.1) is 0 Å². The van der Waals surface area contributed by atoms with Crippen LogP contribution in [0.15, 0.2) is 83.3 Å². The zero-order valence-electron chi connectivity index (χ0n) is 16.3. The van der Waals surface area contributed by atoms with Gasteiger partial charge in [0.1, 0.15) is 35.1 Å². The molecule has 0 atom stereocenters. The summed E-state index contributed by atoms with van der Waals surface area (Å²) in [4.78, 5) is 24.6. The number of benzene rings is 3. The van der Waals surface area contributed by atoms with Crippen LogP contribution in [0.1, 0.15) is 16.1 Å². The number of nitrogens with one attached hydrogen (secondary N) is 1. The van der Waals surface area contributed by atoms with Crippen molar-refractivity contribution in [3.05, 3.63) is 96.0 Å². The molecule has 0 radical (unpaired) electrons. The summed E-state index contributed by atoms with van der Waals surface area (Å²) in [5.41, 5.74) is 0.921. The SMILES string of the molecule is O=C(COc1ccccc1C(=O)OCc1cc2ccccc2o1)Nc1ccccc1F. The lowest BCUT2D eigenvalue weighted by Crippen LogP contribution is -2.21. The summed E-state index contributed by atoms with van der Waals surface area (Å²) >= 11 is 0. The van der Waals surface area contributed by atoms with Crippen molar-refractivity contribution in [2.75, 3.05) is 11.9 Å². The van der Waals surface area contributed by atoms with Crippen molar-refractivity contribution in [1.82, 2.24) is 0 Å². The lowest BCUT2D eigenvalue weighted by atomic mass is 10.2. The van der Waals surface area contributed by atoms with Gasteiger partial charge in [-0.25, -0.2) is 9.18 Å². The van der Waals surface area contributed by atoms with Gasteiger partial charge in [0, 0.05) is 5.39 Å². The minimum atomic E-state index is -0.620. The summed E-state index contributed by atoms with van der Waals surface area (Å²) in [6.07, 6.45) is 0. The van der Waals surface area contributed by atoms with Crippen LogP contribution in [0.4, 0.5) is 10.1 Å². The third-order valence-electron chi connectivity index (χ3n) is 4.44. The molecule has 3 aromatic carbocycles. The Morgan fingerprint density at radius 3 is 2.52 bits per heavy atom. The first-order valence-corrected chi connectivity index (χ1v) is 9.51. The monoisotopic (exact) mass is 419 g/mol. The van der Waals surface area contributed by atoms with E-state index < -0.39 is 24.3 Å². The topological polar surface area (TPSA) is 77.8 Å². The quantitative estimate of drug-likeness (QED) is 0.429. The molecule has 0 fully saturated rings. The molecule has 0 spiro atoms. The van der Waals surface area contributed by atoms with Crippen LogP contribution in [-0.2, 0) is 16.1 Å². The van der Waals surface area contributed by atoms with Gasteiger partial charge in [0.25, 0.3) is 5.91 Å². The first-order chi connectivity index (χ1) is 15.1. The van der Waals surface area contributed by atoms with Crippen molar-refractivity contribution in [3.63, 3.8) is 0 Å². The molecule has 0 aliphatic rings. The van der Waals surface area contributed by atoms with Gasteiger partial charge in [0.2, 0.25) is 0 Å². The lowest BCUT2D eigenvalue weighted by molar-refractivity contribution is -0.118. The number of carbonyl (C=O) groups is 2. The van der Waals surface area contributed by atoms with Crippen LogP contribution in [-0.4, -0.2) is 18.5 Å². The van der Waals surface area contributed by atoms with Gasteiger partial charge in [0.05, 0.1) is 5.69 Å². The fourth-order valence-electron chi connectivity index (χ4n) is 2.98. The van der Waals surface area contributed by atoms with E-state index in [1.807, 2.05) is 24.3 Å². The van der Waals surface area contributed by atoms with Gasteiger partial charge < -0.3 is 19.2 Å². The molecule has 1 N–H and O–H groups in total. The van der Waals surface area contributed by atoms with E-state index in [-0.39, 0.29) is 23.6 Å². The Balaban J connectivity index is 1.37. The number of ether oxygens (including phenoxy) is 2. The molecule has 7 heteroatoms. The third-order valence-corrected chi connectivity index (χ3v) is 4.44. The van der Waals surface area contributed by atoms with Gasteiger partial charge in [-0.3, -0.25) is 4.79 Å². The molecule has 4 rings (SSSR count). The molecule has 0 saturated carbocycles. The Kier molecular flexibility index (Phi) is 5.93. The summed E-state index contributed by atoms with van der Waals surface area (Å²) in [6, 6.07) is 21.5. The highest BCUT2D eigenvalue weighted by Crippen LogP contribution is 2.22. The van der Waals surface area contributed by atoms with E-state index in [9.17, 15) is 14.0 Å². The smallest absolute Gasteiger partial charge is 0.342 e. The predicted molar refractivity (Wildman–Crippen MR) is 112 cm³/mol. The van der Waals surface area contributed by atoms with Crippen LogP contribution in [0.2, 0.25) is 0 Å². The van der Waals surface area contributed by atoms with E-state index >= 15 is 0 Å². The summed E-state index contributed by atoms with van der Waals surface area (Å²) in [7, 11) is 0. The molecule has 0 unspecified atom stereocenters. The molecule has 0 bridgehead atoms. The summed E-state index contributed by atoms with van der Waals surface area (Å²) in [6.45, 7) is -0.447. The van der Waals surface area contributed by atoms with Gasteiger partial charge in [-0.2, -0.15) is 0 Å². The second-order valence-corrected chi connectivity index (χ2v) is 6.64. The van der Waals surface area contributed by atoms with E-state index in [1.54, 1.807) is 30.3 Å². The predicted octanol–water partition coefficient (Wildman–Crippen LogP) is 4.95. The number of para-hydroxylation sites is 3. The van der Waals surface area contributed by atoms with Crippen LogP contribution in [0.5, 0.6) is 5.75 Å². The Morgan fingerprint density at radius 2 is 1.68 bits per heavy atom. The van der Waals surface area contributed by atoms with Gasteiger partial charge in [-0.05, 0) is 36.4 Å². The van der Waals surface area contributed by atoms with Gasteiger partial charge >= 0.3 is 5.97 Å². The third kappa shape index (κ3) is 4.90. The number of esters is 1. The Bertz CT molecular complexity index is 1200. The number of fused-ring (bicyclic) bond motifs is 1. The van der Waals surface area contributed by atoms with Crippen molar-refractivity contribution in [3.8, 4) is 5.75 Å². The summed E-state index contributed by atoms with van der Waals surface area (Å²) in [5, 5.41) is 3.34. The highest BCUT2D eigenvalue weighted by Gasteiger charge is 2.16. The largest absolute Gasteiger partial charge is 0.483 e. The van der Waals surface area contributed by atoms with E-state index in [1.165, 1.54) is 24.3 Å². The molecule has 31 heavy (non-hydrogen) atoms. The van der Waals surface area contributed by atoms with Crippen molar-refractivity contribution in [2.24, 2.45) is 0 Å². The van der Waals surface area contributed by atoms with E-state index in [0.29, 0.717) is 11.3 Å². The first-order valence-electron chi connectivity index (χ1n) is 9.51. The standard InChI is InChI=1S/C24H18FNO5/c25-19-9-3-4-10-20(19)26-23(27)15-29-22-12-6-2-8-18(22)24(28)30-14-17-13-16-7-1-5-11-21(16)31-17/h1-13H,14-15H2,(H,26,27). The van der Waals surface area contributed by atoms with E-state index in [2.05, 4.69) is 5.32 Å². The molecule has 0 saturated heterocycles. The molecule has 1 aromatic heterocycles. The first kappa shape index (κ1) is 20.2.